The molecule has 0 saturated heterocycles. The average molecular weight is 561 g/mol. The fraction of sp³-hybridized carbons (Fsp3) is 0.387. The van der Waals surface area contributed by atoms with Crippen LogP contribution in [0.5, 0.6) is 17.2 Å². The Labute approximate surface area is 239 Å². The lowest BCUT2D eigenvalue weighted by molar-refractivity contribution is -0.134. The van der Waals surface area contributed by atoms with Gasteiger partial charge in [0.2, 0.25) is 12.7 Å². The number of likely N-dealkylation sites (N-methyl/N-ethyl adjacent to an activating group) is 1. The van der Waals surface area contributed by atoms with Gasteiger partial charge in [-0.1, -0.05) is 13.0 Å². The van der Waals surface area contributed by atoms with Gasteiger partial charge in [0.25, 0.3) is 5.91 Å². The molecule has 0 saturated carbocycles. The van der Waals surface area contributed by atoms with Gasteiger partial charge in [0.15, 0.2) is 11.5 Å². The second kappa shape index (κ2) is 12.6. The minimum Gasteiger partial charge on any atom is -0.488 e. The van der Waals surface area contributed by atoms with Crippen LogP contribution in [0.3, 0.4) is 0 Å². The molecule has 10 nitrogen and oxygen atoms in total. The first kappa shape index (κ1) is 28.4. The quantitative estimate of drug-likeness (QED) is 0.431. The molecule has 2 aliphatic heterocycles. The van der Waals surface area contributed by atoms with Crippen molar-refractivity contribution >= 4 is 17.5 Å². The van der Waals surface area contributed by atoms with Gasteiger partial charge in [-0.25, -0.2) is 0 Å². The lowest BCUT2D eigenvalue weighted by atomic mass is 10.0. The molecule has 0 fully saturated rings. The number of carbonyl (C=O) groups excluding carboxylic acids is 2. The number of aliphatic hydroxyl groups excluding tert-OH is 1. The van der Waals surface area contributed by atoms with Crippen LogP contribution in [0.15, 0.2) is 60.9 Å². The van der Waals surface area contributed by atoms with E-state index in [1.165, 1.54) is 0 Å². The lowest BCUT2D eigenvalue weighted by Crippen LogP contribution is -2.47. The number of rotatable bonds is 8. The normalized spacial score (nSPS) is 19.0. The van der Waals surface area contributed by atoms with Crippen LogP contribution < -0.4 is 19.5 Å². The third-order valence-corrected chi connectivity index (χ3v) is 7.50. The standard InChI is InChI=1S/C31H36N4O6/c1-20-15-35(21(2)18-36)30(37)14-24-13-25(33-31(38)23-8-10-32-11-9-23)5-7-26(24)41-29(20)17-34(3)16-22-4-6-27-28(12-22)40-19-39-27/h4-13,20-21,29,36H,14-19H2,1-3H3,(H,33,38)/t20-,21+,29-/m0/s1. The Bertz CT molecular complexity index is 1380. The lowest BCUT2D eigenvalue weighted by Gasteiger charge is -2.34. The number of pyridine rings is 1. The summed E-state index contributed by atoms with van der Waals surface area (Å²) >= 11 is 0. The summed E-state index contributed by atoms with van der Waals surface area (Å²) in [6.45, 7) is 5.73. The number of carbonyl (C=O) groups is 2. The van der Waals surface area contributed by atoms with Crippen molar-refractivity contribution in [2.24, 2.45) is 5.92 Å². The summed E-state index contributed by atoms with van der Waals surface area (Å²) in [5.74, 6) is 1.71. The summed E-state index contributed by atoms with van der Waals surface area (Å²) < 4.78 is 17.6. The Morgan fingerprint density at radius 2 is 1.88 bits per heavy atom. The maximum atomic E-state index is 13.5. The number of amides is 2. The average Bonchev–Trinajstić information content (AvgIpc) is 3.45. The van der Waals surface area contributed by atoms with Crippen LogP contribution in [0.2, 0.25) is 0 Å². The van der Waals surface area contributed by atoms with E-state index in [0.29, 0.717) is 42.2 Å². The SMILES string of the molecule is C[C@H](CO)N1C[C@H](C)[C@H](CN(C)Cc2ccc3c(c2)OCO3)Oc2ccc(NC(=O)c3ccncc3)cc2CC1=O. The summed E-state index contributed by atoms with van der Waals surface area (Å²) in [5.41, 5.74) is 2.81. The predicted octanol–water partition coefficient (Wildman–Crippen LogP) is 3.34. The molecule has 2 aliphatic rings. The summed E-state index contributed by atoms with van der Waals surface area (Å²) in [6, 6.07) is 14.3. The van der Waals surface area contributed by atoms with Crippen LogP contribution in [0, 0.1) is 5.92 Å². The largest absolute Gasteiger partial charge is 0.488 e. The van der Waals surface area contributed by atoms with E-state index in [1.54, 1.807) is 41.6 Å². The molecule has 2 N–H and O–H groups in total. The van der Waals surface area contributed by atoms with Gasteiger partial charge in [0, 0.05) is 54.8 Å². The van der Waals surface area contributed by atoms with Crippen LogP contribution >= 0.6 is 0 Å². The van der Waals surface area contributed by atoms with Gasteiger partial charge in [0.1, 0.15) is 11.9 Å². The molecule has 0 spiro atoms. The van der Waals surface area contributed by atoms with Crippen LogP contribution in [-0.2, 0) is 17.8 Å². The fourth-order valence-corrected chi connectivity index (χ4v) is 5.15. The van der Waals surface area contributed by atoms with Gasteiger partial charge >= 0.3 is 0 Å². The van der Waals surface area contributed by atoms with Gasteiger partial charge in [-0.05, 0) is 62.0 Å². The van der Waals surface area contributed by atoms with E-state index >= 15 is 0 Å². The Balaban J connectivity index is 1.38. The van der Waals surface area contributed by atoms with Crippen molar-refractivity contribution in [2.45, 2.75) is 39.0 Å². The highest BCUT2D eigenvalue weighted by molar-refractivity contribution is 6.04. The van der Waals surface area contributed by atoms with Gasteiger partial charge in [-0.2, -0.15) is 0 Å². The number of benzene rings is 2. The number of aliphatic hydroxyl groups is 1. The minimum atomic E-state index is -0.340. The second-order valence-electron chi connectivity index (χ2n) is 10.8. The highest BCUT2D eigenvalue weighted by Gasteiger charge is 2.31. The van der Waals surface area contributed by atoms with Crippen molar-refractivity contribution in [2.75, 3.05) is 38.9 Å². The van der Waals surface area contributed by atoms with E-state index in [1.807, 2.05) is 38.2 Å². The molecular formula is C31H36N4O6. The minimum absolute atomic E-state index is 0.0239. The summed E-state index contributed by atoms with van der Waals surface area (Å²) in [7, 11) is 2.03. The summed E-state index contributed by atoms with van der Waals surface area (Å²) in [6.07, 6.45) is 2.97. The molecule has 1 aromatic heterocycles. The maximum absolute atomic E-state index is 13.5. The number of nitrogens with zero attached hydrogens (tertiary/aromatic N) is 3. The van der Waals surface area contributed by atoms with E-state index in [9.17, 15) is 14.7 Å². The van der Waals surface area contributed by atoms with Crippen LogP contribution in [0.4, 0.5) is 5.69 Å². The van der Waals surface area contributed by atoms with E-state index in [2.05, 4.69) is 22.1 Å². The molecule has 2 amide bonds. The molecule has 41 heavy (non-hydrogen) atoms. The summed E-state index contributed by atoms with van der Waals surface area (Å²) in [4.78, 5) is 34.1. The smallest absolute Gasteiger partial charge is 0.255 e. The number of hydrogen-bond acceptors (Lipinski definition) is 8. The number of anilines is 1. The third-order valence-electron chi connectivity index (χ3n) is 7.50. The molecule has 0 aliphatic carbocycles. The zero-order chi connectivity index (χ0) is 28.9. The van der Waals surface area contributed by atoms with Gasteiger partial charge in [-0.15, -0.1) is 0 Å². The Hall–Kier alpha value is -4.15. The van der Waals surface area contributed by atoms with E-state index in [-0.39, 0.29) is 49.7 Å². The highest BCUT2D eigenvalue weighted by atomic mass is 16.7. The van der Waals surface area contributed by atoms with Crippen molar-refractivity contribution < 1.29 is 28.9 Å². The maximum Gasteiger partial charge on any atom is 0.255 e. The molecule has 3 aromatic rings. The molecule has 0 unspecified atom stereocenters. The number of ether oxygens (including phenoxy) is 3. The Kier molecular flexibility index (Phi) is 8.70. The van der Waals surface area contributed by atoms with Crippen molar-refractivity contribution in [3.8, 4) is 17.2 Å². The molecule has 5 rings (SSSR count). The number of hydrogen-bond donors (Lipinski definition) is 2. The third kappa shape index (κ3) is 6.78. The van der Waals surface area contributed by atoms with Gasteiger partial charge < -0.3 is 29.5 Å². The monoisotopic (exact) mass is 560 g/mol. The van der Waals surface area contributed by atoms with Crippen LogP contribution in [-0.4, -0.2) is 77.4 Å². The highest BCUT2D eigenvalue weighted by Crippen LogP contribution is 2.33. The second-order valence-corrected chi connectivity index (χ2v) is 10.8. The molecule has 10 heteroatoms. The first-order valence-corrected chi connectivity index (χ1v) is 13.8. The predicted molar refractivity (Wildman–Crippen MR) is 153 cm³/mol. The number of fused-ring (bicyclic) bond motifs is 2. The summed E-state index contributed by atoms with van der Waals surface area (Å²) in [5, 5.41) is 12.8. The van der Waals surface area contributed by atoms with E-state index in [4.69, 9.17) is 14.2 Å². The molecule has 3 heterocycles. The van der Waals surface area contributed by atoms with Crippen molar-refractivity contribution in [3.63, 3.8) is 0 Å². The first-order chi connectivity index (χ1) is 19.8. The van der Waals surface area contributed by atoms with Crippen LogP contribution in [0.1, 0.15) is 35.3 Å². The van der Waals surface area contributed by atoms with Crippen molar-refractivity contribution in [1.29, 1.82) is 0 Å². The van der Waals surface area contributed by atoms with Crippen molar-refractivity contribution in [3.05, 3.63) is 77.6 Å². The van der Waals surface area contributed by atoms with Crippen LogP contribution in [0.25, 0.3) is 0 Å². The topological polar surface area (TPSA) is 113 Å². The fourth-order valence-electron chi connectivity index (χ4n) is 5.15. The van der Waals surface area contributed by atoms with Crippen molar-refractivity contribution in [1.82, 2.24) is 14.8 Å². The Morgan fingerprint density at radius 3 is 2.66 bits per heavy atom. The molecule has 2 aromatic carbocycles. The van der Waals surface area contributed by atoms with E-state index < -0.39 is 0 Å². The Morgan fingerprint density at radius 1 is 1.12 bits per heavy atom. The molecule has 0 radical (unpaired) electrons. The number of aromatic nitrogens is 1. The number of nitrogens with one attached hydrogen (secondary N) is 1. The van der Waals surface area contributed by atoms with Gasteiger partial charge in [0.05, 0.1) is 19.1 Å². The van der Waals surface area contributed by atoms with E-state index in [0.717, 1.165) is 17.1 Å². The zero-order valence-electron chi connectivity index (χ0n) is 23.6. The molecule has 216 valence electrons. The zero-order valence-corrected chi connectivity index (χ0v) is 23.6. The molecule has 0 bridgehead atoms. The molecular weight excluding hydrogens is 524 g/mol. The van der Waals surface area contributed by atoms with Gasteiger partial charge in [-0.3, -0.25) is 19.5 Å². The molecule has 3 atom stereocenters. The first-order valence-electron chi connectivity index (χ1n) is 13.8.